The summed E-state index contributed by atoms with van der Waals surface area (Å²) in [6, 6.07) is 18.9. The van der Waals surface area contributed by atoms with Crippen molar-refractivity contribution in [1.82, 2.24) is 4.98 Å². The van der Waals surface area contributed by atoms with Crippen molar-refractivity contribution < 1.29 is 0 Å². The van der Waals surface area contributed by atoms with Crippen LogP contribution in [-0.2, 0) is 6.42 Å². The second-order valence-electron chi connectivity index (χ2n) is 5.78. The number of rotatable bonds is 3. The summed E-state index contributed by atoms with van der Waals surface area (Å²) < 4.78 is 0. The molecule has 0 aliphatic heterocycles. The lowest BCUT2D eigenvalue weighted by Crippen LogP contribution is -1.95. The molecule has 1 aliphatic rings. The van der Waals surface area contributed by atoms with Crippen LogP contribution in [0.5, 0.6) is 0 Å². The smallest absolute Gasteiger partial charge is 0.0755 e. The van der Waals surface area contributed by atoms with Crippen molar-refractivity contribution in [2.75, 3.05) is 0 Å². The van der Waals surface area contributed by atoms with E-state index in [4.69, 9.17) is 16.6 Å². The summed E-state index contributed by atoms with van der Waals surface area (Å²) in [6.07, 6.45) is 3.39. The molecule has 1 nitrogen and oxygen atoms in total. The Hall–Kier alpha value is -1.86. The van der Waals surface area contributed by atoms with Crippen LogP contribution in [0.15, 0.2) is 54.6 Å². The van der Waals surface area contributed by atoms with Crippen molar-refractivity contribution in [3.8, 4) is 0 Å². The highest BCUT2D eigenvalue weighted by atomic mass is 35.5. The maximum Gasteiger partial charge on any atom is 0.0755 e. The minimum atomic E-state index is 0.622. The number of hydrogen-bond acceptors (Lipinski definition) is 1. The molecule has 0 bridgehead atoms. The Bertz CT molecular complexity index is 791. The number of nitrogens with zero attached hydrogens (tertiary/aromatic N) is 1. The number of halogens is 1. The van der Waals surface area contributed by atoms with Crippen molar-refractivity contribution in [3.05, 3.63) is 76.4 Å². The summed E-state index contributed by atoms with van der Waals surface area (Å²) in [6.45, 7) is 0. The fourth-order valence-electron chi connectivity index (χ4n) is 2.83. The van der Waals surface area contributed by atoms with E-state index >= 15 is 0 Å². The van der Waals surface area contributed by atoms with Gasteiger partial charge in [-0.05, 0) is 36.5 Å². The first-order valence-electron chi connectivity index (χ1n) is 7.43. The first kappa shape index (κ1) is 12.8. The molecule has 0 unspecified atom stereocenters. The number of fused-ring (bicyclic) bond motifs is 1. The van der Waals surface area contributed by atoms with Gasteiger partial charge in [0.25, 0.3) is 0 Å². The van der Waals surface area contributed by atoms with Crippen molar-refractivity contribution in [2.45, 2.75) is 25.2 Å². The molecule has 3 aromatic rings. The average molecular weight is 294 g/mol. The Balaban J connectivity index is 1.84. The van der Waals surface area contributed by atoms with Gasteiger partial charge in [0, 0.05) is 17.0 Å². The molecule has 1 fully saturated rings. The molecule has 4 rings (SSSR count). The number of benzene rings is 2. The van der Waals surface area contributed by atoms with Crippen LogP contribution in [-0.4, -0.2) is 4.98 Å². The summed E-state index contributed by atoms with van der Waals surface area (Å²) in [5, 5.41) is 1.89. The minimum absolute atomic E-state index is 0.622. The van der Waals surface area contributed by atoms with E-state index in [0.29, 0.717) is 5.92 Å². The standard InChI is InChI=1S/C19H16ClN/c20-17-12-18(14-9-10-14)21-19-15(7-4-8-16(17)19)11-13-5-2-1-3-6-13/h1-8,12,14H,9-11H2. The molecule has 1 aliphatic carbocycles. The lowest BCUT2D eigenvalue weighted by molar-refractivity contribution is 1.04. The van der Waals surface area contributed by atoms with E-state index in [1.54, 1.807) is 0 Å². The average Bonchev–Trinajstić information content (AvgIpc) is 3.34. The molecule has 0 radical (unpaired) electrons. The molecule has 21 heavy (non-hydrogen) atoms. The first-order chi connectivity index (χ1) is 10.3. The number of hydrogen-bond donors (Lipinski definition) is 0. The van der Waals surface area contributed by atoms with Crippen LogP contribution in [0, 0.1) is 0 Å². The van der Waals surface area contributed by atoms with E-state index < -0.39 is 0 Å². The monoisotopic (exact) mass is 293 g/mol. The molecular formula is C19H16ClN. The van der Waals surface area contributed by atoms with E-state index in [-0.39, 0.29) is 0 Å². The zero-order chi connectivity index (χ0) is 14.2. The van der Waals surface area contributed by atoms with Gasteiger partial charge in [-0.15, -0.1) is 0 Å². The third-order valence-electron chi connectivity index (χ3n) is 4.13. The van der Waals surface area contributed by atoms with Crippen LogP contribution < -0.4 is 0 Å². The van der Waals surface area contributed by atoms with Crippen molar-refractivity contribution in [2.24, 2.45) is 0 Å². The van der Waals surface area contributed by atoms with Crippen LogP contribution in [0.1, 0.15) is 35.6 Å². The summed E-state index contributed by atoms with van der Waals surface area (Å²) in [4.78, 5) is 4.91. The van der Waals surface area contributed by atoms with E-state index in [1.165, 1.54) is 24.0 Å². The van der Waals surface area contributed by atoms with Crippen molar-refractivity contribution in [3.63, 3.8) is 0 Å². The molecule has 2 heteroatoms. The molecule has 2 aromatic carbocycles. The summed E-state index contributed by atoms with van der Waals surface area (Å²) in [7, 11) is 0. The number of para-hydroxylation sites is 1. The van der Waals surface area contributed by atoms with Gasteiger partial charge in [0.1, 0.15) is 0 Å². The molecular weight excluding hydrogens is 278 g/mol. The van der Waals surface area contributed by atoms with Gasteiger partial charge in [0.15, 0.2) is 0 Å². The van der Waals surface area contributed by atoms with Crippen molar-refractivity contribution in [1.29, 1.82) is 0 Å². The zero-order valence-electron chi connectivity index (χ0n) is 11.7. The van der Waals surface area contributed by atoms with Gasteiger partial charge in [-0.3, -0.25) is 4.98 Å². The Labute approximate surface area is 129 Å². The van der Waals surface area contributed by atoms with Gasteiger partial charge >= 0.3 is 0 Å². The fraction of sp³-hybridized carbons (Fsp3) is 0.211. The molecule has 0 spiro atoms. The third-order valence-corrected chi connectivity index (χ3v) is 4.44. The first-order valence-corrected chi connectivity index (χ1v) is 7.81. The molecule has 104 valence electrons. The Morgan fingerprint density at radius 2 is 1.81 bits per heavy atom. The maximum atomic E-state index is 6.47. The maximum absolute atomic E-state index is 6.47. The highest BCUT2D eigenvalue weighted by Gasteiger charge is 2.26. The Morgan fingerprint density at radius 3 is 2.57 bits per heavy atom. The van der Waals surface area contributed by atoms with Gasteiger partial charge in [-0.2, -0.15) is 0 Å². The van der Waals surface area contributed by atoms with Gasteiger partial charge < -0.3 is 0 Å². The van der Waals surface area contributed by atoms with Crippen LogP contribution in [0.2, 0.25) is 5.02 Å². The molecule has 1 aromatic heterocycles. The molecule has 0 amide bonds. The highest BCUT2D eigenvalue weighted by Crippen LogP contribution is 2.41. The molecule has 0 atom stereocenters. The summed E-state index contributed by atoms with van der Waals surface area (Å²) in [5.41, 5.74) is 4.78. The predicted octanol–water partition coefficient (Wildman–Crippen LogP) is 5.36. The van der Waals surface area contributed by atoms with E-state index in [9.17, 15) is 0 Å². The topological polar surface area (TPSA) is 12.9 Å². The van der Waals surface area contributed by atoms with Crippen LogP contribution in [0.25, 0.3) is 10.9 Å². The SMILES string of the molecule is Clc1cc(C2CC2)nc2c(Cc3ccccc3)cccc12. The van der Waals surface area contributed by atoms with Crippen LogP contribution in [0.3, 0.4) is 0 Å². The number of aromatic nitrogens is 1. The van der Waals surface area contributed by atoms with Gasteiger partial charge in [-0.1, -0.05) is 60.1 Å². The van der Waals surface area contributed by atoms with Gasteiger partial charge in [0.05, 0.1) is 10.5 Å². The predicted molar refractivity (Wildman–Crippen MR) is 88.0 cm³/mol. The third kappa shape index (κ3) is 2.54. The van der Waals surface area contributed by atoms with E-state index in [0.717, 1.165) is 28.0 Å². The van der Waals surface area contributed by atoms with Gasteiger partial charge in [-0.25, -0.2) is 0 Å². The van der Waals surface area contributed by atoms with Crippen LogP contribution >= 0.6 is 11.6 Å². The van der Waals surface area contributed by atoms with Gasteiger partial charge in [0.2, 0.25) is 0 Å². The summed E-state index contributed by atoms with van der Waals surface area (Å²) in [5.74, 6) is 0.622. The normalized spacial score (nSPS) is 14.5. The second-order valence-corrected chi connectivity index (χ2v) is 6.19. The Kier molecular flexibility index (Phi) is 3.16. The lowest BCUT2D eigenvalue weighted by atomic mass is 10.0. The van der Waals surface area contributed by atoms with E-state index in [1.807, 2.05) is 12.1 Å². The second kappa shape index (κ2) is 5.16. The van der Waals surface area contributed by atoms with Crippen LogP contribution in [0.4, 0.5) is 0 Å². The molecule has 1 saturated carbocycles. The zero-order valence-corrected chi connectivity index (χ0v) is 12.5. The molecule has 0 N–H and O–H groups in total. The lowest BCUT2D eigenvalue weighted by Gasteiger charge is -2.09. The molecule has 1 heterocycles. The largest absolute Gasteiger partial charge is 0.252 e. The fourth-order valence-corrected chi connectivity index (χ4v) is 3.10. The summed E-state index contributed by atoms with van der Waals surface area (Å²) >= 11 is 6.47. The number of pyridine rings is 1. The van der Waals surface area contributed by atoms with Crippen molar-refractivity contribution >= 4 is 22.5 Å². The molecule has 0 saturated heterocycles. The highest BCUT2D eigenvalue weighted by molar-refractivity contribution is 6.35. The Morgan fingerprint density at radius 1 is 1.00 bits per heavy atom. The quantitative estimate of drug-likeness (QED) is 0.634. The van der Waals surface area contributed by atoms with E-state index in [2.05, 4.69) is 42.5 Å². The minimum Gasteiger partial charge on any atom is -0.252 e.